The summed E-state index contributed by atoms with van der Waals surface area (Å²) in [6, 6.07) is 12.9. The average molecular weight is 450 g/mol. The molecule has 0 spiro atoms. The highest BCUT2D eigenvalue weighted by molar-refractivity contribution is 6.09. The van der Waals surface area contributed by atoms with E-state index in [4.69, 9.17) is 0 Å². The molecule has 0 radical (unpaired) electrons. The minimum Gasteiger partial charge on any atom is -0.325 e. The standard InChI is InChI=1S/C24H17F3N4O2/c1-13-22-19(9-16(25)11-29-22)18-7-2-14(10-28)8-20(18)31(24(13)33)12-21(32)30-17-5-3-15(4-6-17)23(26)27/h2-9,11,13,23H,12H2,1H3,(H,30,32)/t13-/m1/s1. The molecule has 1 aliphatic heterocycles. The molecule has 0 saturated carbocycles. The maximum atomic E-state index is 14.0. The maximum absolute atomic E-state index is 14.0. The van der Waals surface area contributed by atoms with Gasteiger partial charge >= 0.3 is 0 Å². The highest BCUT2D eigenvalue weighted by Gasteiger charge is 2.34. The normalized spacial score (nSPS) is 14.8. The van der Waals surface area contributed by atoms with Crippen LogP contribution in [-0.4, -0.2) is 23.3 Å². The molecule has 2 heterocycles. The molecule has 6 nitrogen and oxygen atoms in total. The SMILES string of the molecule is C[C@H]1C(=O)N(CC(=O)Nc2ccc(C(F)F)cc2)c2cc(C#N)ccc2-c2cc(F)cnc21. The van der Waals surface area contributed by atoms with E-state index >= 15 is 0 Å². The Morgan fingerprint density at radius 2 is 1.91 bits per heavy atom. The zero-order chi connectivity index (χ0) is 23.7. The molecule has 2 aromatic carbocycles. The minimum absolute atomic E-state index is 0.181. The lowest BCUT2D eigenvalue weighted by Gasteiger charge is -2.24. The second kappa shape index (κ2) is 8.74. The molecule has 1 aromatic heterocycles. The molecule has 9 heteroatoms. The van der Waals surface area contributed by atoms with Crippen molar-refractivity contribution in [3.05, 3.63) is 77.4 Å². The fourth-order valence-corrected chi connectivity index (χ4v) is 3.75. The van der Waals surface area contributed by atoms with E-state index in [1.165, 1.54) is 47.4 Å². The van der Waals surface area contributed by atoms with E-state index in [1.807, 2.05) is 6.07 Å². The van der Waals surface area contributed by atoms with Gasteiger partial charge in [-0.05, 0) is 37.3 Å². The molecule has 1 atom stereocenters. The number of anilines is 2. The molecular weight excluding hydrogens is 433 g/mol. The van der Waals surface area contributed by atoms with Gasteiger partial charge in [0.2, 0.25) is 11.8 Å². The summed E-state index contributed by atoms with van der Waals surface area (Å²) >= 11 is 0. The summed E-state index contributed by atoms with van der Waals surface area (Å²) in [4.78, 5) is 31.4. The van der Waals surface area contributed by atoms with Gasteiger partial charge in [-0.1, -0.05) is 18.2 Å². The van der Waals surface area contributed by atoms with Crippen LogP contribution in [0.4, 0.5) is 24.5 Å². The monoisotopic (exact) mass is 450 g/mol. The van der Waals surface area contributed by atoms with Crippen LogP contribution in [0.15, 0.2) is 54.7 Å². The molecular formula is C24H17F3N4O2. The highest BCUT2D eigenvalue weighted by Crippen LogP contribution is 2.40. The molecule has 2 amide bonds. The maximum Gasteiger partial charge on any atom is 0.263 e. The summed E-state index contributed by atoms with van der Waals surface area (Å²) in [6.45, 7) is 1.20. The number of alkyl halides is 2. The number of nitrogens with one attached hydrogen (secondary N) is 1. The number of amides is 2. The number of carbonyl (C=O) groups excluding carboxylic acids is 2. The average Bonchev–Trinajstić information content (AvgIpc) is 2.88. The summed E-state index contributed by atoms with van der Waals surface area (Å²) in [5.41, 5.74) is 1.87. The zero-order valence-corrected chi connectivity index (χ0v) is 17.3. The van der Waals surface area contributed by atoms with Crippen LogP contribution in [0.1, 0.15) is 36.1 Å². The summed E-state index contributed by atoms with van der Waals surface area (Å²) in [6.07, 6.45) is -1.60. The molecule has 3 aromatic rings. The number of pyridine rings is 1. The molecule has 0 unspecified atom stereocenters. The van der Waals surface area contributed by atoms with E-state index < -0.39 is 36.5 Å². The lowest BCUT2D eigenvalue weighted by molar-refractivity contribution is -0.122. The first kappa shape index (κ1) is 22.0. The lowest BCUT2D eigenvalue weighted by atomic mass is 9.97. The van der Waals surface area contributed by atoms with Gasteiger partial charge in [-0.25, -0.2) is 13.2 Å². The van der Waals surface area contributed by atoms with Crippen molar-refractivity contribution < 1.29 is 22.8 Å². The third kappa shape index (κ3) is 4.28. The van der Waals surface area contributed by atoms with Crippen molar-refractivity contribution in [2.75, 3.05) is 16.8 Å². The van der Waals surface area contributed by atoms with Gasteiger partial charge in [-0.2, -0.15) is 5.26 Å². The fourth-order valence-electron chi connectivity index (χ4n) is 3.75. The van der Waals surface area contributed by atoms with Crippen LogP contribution in [0, 0.1) is 17.1 Å². The lowest BCUT2D eigenvalue weighted by Crippen LogP contribution is -2.40. The highest BCUT2D eigenvalue weighted by atomic mass is 19.3. The van der Waals surface area contributed by atoms with Crippen LogP contribution in [-0.2, 0) is 9.59 Å². The number of nitrogens with zero attached hydrogens (tertiary/aromatic N) is 3. The van der Waals surface area contributed by atoms with Crippen LogP contribution < -0.4 is 10.2 Å². The first-order valence-corrected chi connectivity index (χ1v) is 9.97. The summed E-state index contributed by atoms with van der Waals surface area (Å²) in [7, 11) is 0. The van der Waals surface area contributed by atoms with Crippen LogP contribution in [0.3, 0.4) is 0 Å². The molecule has 0 aliphatic carbocycles. The number of hydrogen-bond donors (Lipinski definition) is 1. The summed E-state index contributed by atoms with van der Waals surface area (Å²) in [5, 5.41) is 11.9. The van der Waals surface area contributed by atoms with Crippen LogP contribution in [0.5, 0.6) is 0 Å². The Hall–Kier alpha value is -4.19. The molecule has 166 valence electrons. The number of halogens is 3. The third-order valence-electron chi connectivity index (χ3n) is 5.39. The Bertz CT molecular complexity index is 1290. The number of hydrogen-bond acceptors (Lipinski definition) is 4. The fraction of sp³-hybridized carbons (Fsp3) is 0.167. The van der Waals surface area contributed by atoms with E-state index in [2.05, 4.69) is 10.3 Å². The second-order valence-electron chi connectivity index (χ2n) is 7.55. The van der Waals surface area contributed by atoms with Gasteiger partial charge in [0.25, 0.3) is 6.43 Å². The Kier molecular flexibility index (Phi) is 5.84. The topological polar surface area (TPSA) is 86.1 Å². The van der Waals surface area contributed by atoms with E-state index in [0.29, 0.717) is 16.8 Å². The summed E-state index contributed by atoms with van der Waals surface area (Å²) < 4.78 is 39.5. The Morgan fingerprint density at radius 1 is 1.18 bits per heavy atom. The van der Waals surface area contributed by atoms with E-state index in [0.717, 1.165) is 6.20 Å². The van der Waals surface area contributed by atoms with Crippen molar-refractivity contribution in [3.63, 3.8) is 0 Å². The van der Waals surface area contributed by atoms with Crippen molar-refractivity contribution in [3.8, 4) is 17.2 Å². The molecule has 1 aliphatic rings. The van der Waals surface area contributed by atoms with Gasteiger partial charge in [-0.3, -0.25) is 14.6 Å². The molecule has 0 bridgehead atoms. The molecule has 33 heavy (non-hydrogen) atoms. The smallest absolute Gasteiger partial charge is 0.263 e. The number of fused-ring (bicyclic) bond motifs is 3. The Labute approximate surface area is 187 Å². The van der Waals surface area contributed by atoms with Crippen molar-refractivity contribution in [1.29, 1.82) is 5.26 Å². The van der Waals surface area contributed by atoms with Gasteiger partial charge in [0, 0.05) is 22.4 Å². The third-order valence-corrected chi connectivity index (χ3v) is 5.39. The Balaban J connectivity index is 1.70. The van der Waals surface area contributed by atoms with E-state index in [-0.39, 0.29) is 22.5 Å². The van der Waals surface area contributed by atoms with Gasteiger partial charge in [0.15, 0.2) is 0 Å². The minimum atomic E-state index is -2.63. The van der Waals surface area contributed by atoms with E-state index in [9.17, 15) is 28.0 Å². The van der Waals surface area contributed by atoms with Crippen LogP contribution in [0.25, 0.3) is 11.1 Å². The van der Waals surface area contributed by atoms with Crippen LogP contribution >= 0.6 is 0 Å². The van der Waals surface area contributed by atoms with Gasteiger partial charge in [0.1, 0.15) is 12.4 Å². The quantitative estimate of drug-likeness (QED) is 0.620. The summed E-state index contributed by atoms with van der Waals surface area (Å²) in [5.74, 6) is -2.38. The number of benzene rings is 2. The molecule has 1 N–H and O–H groups in total. The van der Waals surface area contributed by atoms with Crippen molar-refractivity contribution in [1.82, 2.24) is 4.98 Å². The molecule has 0 saturated heterocycles. The number of carbonyl (C=O) groups is 2. The van der Waals surface area contributed by atoms with Crippen LogP contribution in [0.2, 0.25) is 0 Å². The predicted molar refractivity (Wildman–Crippen MR) is 115 cm³/mol. The van der Waals surface area contributed by atoms with Gasteiger partial charge in [-0.15, -0.1) is 0 Å². The zero-order valence-electron chi connectivity index (χ0n) is 17.3. The van der Waals surface area contributed by atoms with Crippen molar-refractivity contribution in [2.45, 2.75) is 19.3 Å². The first-order chi connectivity index (χ1) is 15.8. The second-order valence-corrected chi connectivity index (χ2v) is 7.55. The Morgan fingerprint density at radius 3 is 2.58 bits per heavy atom. The predicted octanol–water partition coefficient (Wildman–Crippen LogP) is 4.79. The number of nitriles is 1. The molecule has 0 fully saturated rings. The van der Waals surface area contributed by atoms with Gasteiger partial charge < -0.3 is 10.2 Å². The first-order valence-electron chi connectivity index (χ1n) is 9.97. The molecule has 4 rings (SSSR count). The van der Waals surface area contributed by atoms with Crippen molar-refractivity contribution >= 4 is 23.2 Å². The number of rotatable bonds is 4. The largest absolute Gasteiger partial charge is 0.325 e. The van der Waals surface area contributed by atoms with Gasteiger partial charge in [0.05, 0.1) is 35.1 Å². The number of aromatic nitrogens is 1. The van der Waals surface area contributed by atoms with Crippen molar-refractivity contribution in [2.24, 2.45) is 0 Å². The van der Waals surface area contributed by atoms with E-state index in [1.54, 1.807) is 13.0 Å².